The Morgan fingerprint density at radius 2 is 1.76 bits per heavy atom. The summed E-state index contributed by atoms with van der Waals surface area (Å²) in [6.07, 6.45) is 3.14. The molecule has 3 rings (SSSR count). The molecule has 34 heavy (non-hydrogen) atoms. The van der Waals surface area contributed by atoms with Crippen LogP contribution in [0.25, 0.3) is 0 Å². The van der Waals surface area contributed by atoms with Crippen LogP contribution in [0.15, 0.2) is 41.3 Å². The molecule has 2 aromatic carbocycles. The minimum Gasteiger partial charge on any atom is -0.379 e. The fourth-order valence-corrected chi connectivity index (χ4v) is 4.25. The lowest BCUT2D eigenvalue weighted by molar-refractivity contribution is -0.384. The van der Waals surface area contributed by atoms with Crippen LogP contribution >= 0.6 is 0 Å². The van der Waals surface area contributed by atoms with Crippen molar-refractivity contribution in [2.45, 2.75) is 30.6 Å². The van der Waals surface area contributed by atoms with E-state index in [2.05, 4.69) is 15.5 Å². The molecule has 0 atom stereocenters. The zero-order valence-corrected chi connectivity index (χ0v) is 19.1. The molecule has 1 heterocycles. The van der Waals surface area contributed by atoms with E-state index in [-0.39, 0.29) is 35.0 Å². The van der Waals surface area contributed by atoms with Crippen LogP contribution < -0.4 is 26.4 Å². The highest BCUT2D eigenvalue weighted by Gasteiger charge is 2.20. The minimum atomic E-state index is -4.10. The number of hydrogen-bond donors (Lipinski definition) is 4. The van der Waals surface area contributed by atoms with E-state index in [1.54, 1.807) is 12.1 Å². The molecule has 12 nitrogen and oxygen atoms in total. The number of piperidine rings is 1. The molecule has 13 heteroatoms. The molecule has 182 valence electrons. The topological polar surface area (TPSA) is 191 Å². The Balaban J connectivity index is 1.70. The van der Waals surface area contributed by atoms with Crippen molar-refractivity contribution in [3.63, 3.8) is 0 Å². The van der Waals surface area contributed by atoms with Crippen molar-refractivity contribution >= 4 is 44.6 Å². The Morgan fingerprint density at radius 1 is 1.06 bits per heavy atom. The first kappa shape index (κ1) is 24.9. The van der Waals surface area contributed by atoms with Crippen molar-refractivity contribution < 1.29 is 22.9 Å². The standard InChI is InChI=1S/C21H26N6O6S/c22-21(29)14-4-7-18(26-10-2-1-3-11-26)17(12-14)25-20(28)8-9-24-16-6-5-15(34(23,32)33)13-19(16)27(30)31/h4-7,12-13,24H,1-3,8-11H2,(H2,22,29)(H,25,28)(H2,23,32,33). The predicted molar refractivity (Wildman–Crippen MR) is 127 cm³/mol. The number of primary sulfonamides is 1. The summed E-state index contributed by atoms with van der Waals surface area (Å²) < 4.78 is 22.9. The van der Waals surface area contributed by atoms with E-state index < -0.39 is 26.5 Å². The first-order chi connectivity index (χ1) is 16.1. The Labute approximate surface area is 196 Å². The SMILES string of the molecule is NC(=O)c1ccc(N2CCCCC2)c(NC(=O)CCNc2ccc(S(N)(=O)=O)cc2[N+](=O)[O-])c1. The number of rotatable bonds is 9. The zero-order valence-electron chi connectivity index (χ0n) is 18.3. The molecule has 2 amide bonds. The second-order valence-electron chi connectivity index (χ2n) is 7.85. The first-order valence-corrected chi connectivity index (χ1v) is 12.1. The number of nitrogens with one attached hydrogen (secondary N) is 2. The number of primary amides is 1. The van der Waals surface area contributed by atoms with E-state index in [0.717, 1.165) is 50.2 Å². The molecule has 0 saturated carbocycles. The lowest BCUT2D eigenvalue weighted by Crippen LogP contribution is -2.30. The van der Waals surface area contributed by atoms with Crippen LogP contribution in [0, 0.1) is 10.1 Å². The number of sulfonamides is 1. The van der Waals surface area contributed by atoms with Crippen LogP contribution in [0.5, 0.6) is 0 Å². The Bertz CT molecular complexity index is 1210. The van der Waals surface area contributed by atoms with Gasteiger partial charge in [-0.15, -0.1) is 0 Å². The van der Waals surface area contributed by atoms with Crippen LogP contribution in [-0.4, -0.2) is 44.8 Å². The number of amides is 2. The second kappa shape index (κ2) is 10.5. The van der Waals surface area contributed by atoms with E-state index in [0.29, 0.717) is 5.69 Å². The first-order valence-electron chi connectivity index (χ1n) is 10.6. The van der Waals surface area contributed by atoms with E-state index in [1.165, 1.54) is 12.1 Å². The molecular formula is C21H26N6O6S. The Kier molecular flexibility index (Phi) is 7.68. The van der Waals surface area contributed by atoms with Crippen molar-refractivity contribution in [2.24, 2.45) is 10.9 Å². The molecule has 0 spiro atoms. The van der Waals surface area contributed by atoms with Crippen molar-refractivity contribution in [3.05, 3.63) is 52.1 Å². The summed E-state index contributed by atoms with van der Waals surface area (Å²) in [4.78, 5) is 36.6. The highest BCUT2D eigenvalue weighted by atomic mass is 32.2. The van der Waals surface area contributed by atoms with Crippen LogP contribution in [0.2, 0.25) is 0 Å². The molecule has 0 aromatic heterocycles. The molecular weight excluding hydrogens is 464 g/mol. The van der Waals surface area contributed by atoms with Crippen molar-refractivity contribution in [3.8, 4) is 0 Å². The zero-order chi connectivity index (χ0) is 24.9. The van der Waals surface area contributed by atoms with Gasteiger partial charge in [0.05, 0.1) is 21.2 Å². The normalized spacial score (nSPS) is 13.9. The third kappa shape index (κ3) is 6.20. The molecule has 1 aliphatic rings. The third-order valence-electron chi connectivity index (χ3n) is 5.41. The van der Waals surface area contributed by atoms with Crippen LogP contribution in [0.3, 0.4) is 0 Å². The number of nitrogens with two attached hydrogens (primary N) is 2. The fraction of sp³-hybridized carbons (Fsp3) is 0.333. The van der Waals surface area contributed by atoms with Crippen LogP contribution in [-0.2, 0) is 14.8 Å². The summed E-state index contributed by atoms with van der Waals surface area (Å²) in [5.41, 5.74) is 6.48. The van der Waals surface area contributed by atoms with E-state index in [4.69, 9.17) is 10.9 Å². The highest BCUT2D eigenvalue weighted by Crippen LogP contribution is 2.30. The predicted octanol–water partition coefficient (Wildman–Crippen LogP) is 1.77. The van der Waals surface area contributed by atoms with Crippen molar-refractivity contribution in [1.29, 1.82) is 0 Å². The third-order valence-corrected chi connectivity index (χ3v) is 6.32. The Hall–Kier alpha value is -3.71. The van der Waals surface area contributed by atoms with Gasteiger partial charge in [-0.2, -0.15) is 0 Å². The van der Waals surface area contributed by atoms with E-state index in [9.17, 15) is 28.1 Å². The van der Waals surface area contributed by atoms with E-state index in [1.807, 2.05) is 0 Å². The second-order valence-corrected chi connectivity index (χ2v) is 9.41. The fourth-order valence-electron chi connectivity index (χ4n) is 3.71. The minimum absolute atomic E-state index is 0.0377. The monoisotopic (exact) mass is 490 g/mol. The number of benzene rings is 2. The maximum absolute atomic E-state index is 12.6. The van der Waals surface area contributed by atoms with E-state index >= 15 is 0 Å². The summed E-state index contributed by atoms with van der Waals surface area (Å²) in [6, 6.07) is 8.14. The maximum atomic E-state index is 12.6. The summed E-state index contributed by atoms with van der Waals surface area (Å²) in [7, 11) is -4.10. The van der Waals surface area contributed by atoms with Gasteiger partial charge >= 0.3 is 0 Å². The van der Waals surface area contributed by atoms with Gasteiger partial charge < -0.3 is 21.3 Å². The smallest absolute Gasteiger partial charge is 0.293 e. The molecule has 0 aliphatic carbocycles. The average Bonchev–Trinajstić information content (AvgIpc) is 2.79. The molecule has 1 aliphatic heterocycles. The van der Waals surface area contributed by atoms with Gasteiger partial charge in [0.1, 0.15) is 5.69 Å². The van der Waals surface area contributed by atoms with Gasteiger partial charge in [0.15, 0.2) is 0 Å². The molecule has 0 bridgehead atoms. The van der Waals surface area contributed by atoms with Crippen LogP contribution in [0.1, 0.15) is 36.0 Å². The number of anilines is 3. The molecule has 2 aromatic rings. The number of nitro benzene ring substituents is 1. The Morgan fingerprint density at radius 3 is 2.38 bits per heavy atom. The van der Waals surface area contributed by atoms with Gasteiger partial charge in [0, 0.05) is 37.7 Å². The number of carbonyl (C=O) groups is 2. The summed E-state index contributed by atoms with van der Waals surface area (Å²) in [5.74, 6) is -0.992. The number of hydrogen-bond acceptors (Lipinski definition) is 8. The number of nitrogens with zero attached hydrogens (tertiary/aromatic N) is 2. The quantitative estimate of drug-likeness (QED) is 0.302. The molecule has 6 N–H and O–H groups in total. The summed E-state index contributed by atoms with van der Waals surface area (Å²) in [5, 5.41) is 21.9. The number of carbonyl (C=O) groups excluding carboxylic acids is 2. The summed E-state index contributed by atoms with van der Waals surface area (Å²) in [6.45, 7) is 1.70. The van der Waals surface area contributed by atoms with Gasteiger partial charge in [-0.25, -0.2) is 13.6 Å². The highest BCUT2D eigenvalue weighted by molar-refractivity contribution is 7.89. The van der Waals surface area contributed by atoms with Gasteiger partial charge in [-0.05, 0) is 49.6 Å². The lowest BCUT2D eigenvalue weighted by atomic mass is 10.1. The molecule has 0 unspecified atom stereocenters. The van der Waals surface area contributed by atoms with Crippen LogP contribution in [0.4, 0.5) is 22.7 Å². The van der Waals surface area contributed by atoms with Gasteiger partial charge in [-0.1, -0.05) is 0 Å². The number of nitro groups is 1. The average molecular weight is 491 g/mol. The van der Waals surface area contributed by atoms with Crippen molar-refractivity contribution in [1.82, 2.24) is 0 Å². The molecule has 1 saturated heterocycles. The van der Waals surface area contributed by atoms with Gasteiger partial charge in [0.25, 0.3) is 5.69 Å². The summed E-state index contributed by atoms with van der Waals surface area (Å²) >= 11 is 0. The largest absolute Gasteiger partial charge is 0.379 e. The lowest BCUT2D eigenvalue weighted by Gasteiger charge is -2.30. The van der Waals surface area contributed by atoms with Crippen molar-refractivity contribution in [2.75, 3.05) is 35.2 Å². The van der Waals surface area contributed by atoms with Gasteiger partial charge in [-0.3, -0.25) is 19.7 Å². The van der Waals surface area contributed by atoms with Gasteiger partial charge in [0.2, 0.25) is 21.8 Å². The molecule has 0 radical (unpaired) electrons. The molecule has 1 fully saturated rings. The maximum Gasteiger partial charge on any atom is 0.293 e.